The Labute approximate surface area is 55.7 Å². The molecule has 0 rings (SSSR count). The molecule has 0 atom stereocenters. The average molecular weight is 169 g/mol. The van der Waals surface area contributed by atoms with Gasteiger partial charge >= 0.3 is 19.5 Å². The molecule has 3 N–H and O–H groups in total. The Hall–Kier alpha value is 1.12. The van der Waals surface area contributed by atoms with Gasteiger partial charge in [-0.3, -0.25) is 0 Å². The van der Waals surface area contributed by atoms with Crippen LogP contribution in [0.15, 0.2) is 0 Å². The molecule has 0 fully saturated rings. The maximum atomic E-state index is 6.50. The van der Waals surface area contributed by atoms with Crippen molar-refractivity contribution in [2.75, 3.05) is 0 Å². The maximum Gasteiger partial charge on any atom is 2.00 e. The Morgan fingerprint density at radius 3 is 1.00 bits per heavy atom. The molecule has 0 spiro atoms. The average Bonchev–Trinajstić information content (AvgIpc) is 1.00. The first-order valence-electron chi connectivity index (χ1n) is 0.258. The predicted octanol–water partition coefficient (Wildman–Crippen LogP) is -6.66. The van der Waals surface area contributed by atoms with Crippen LogP contribution in [0, 0.1) is 0 Å². The summed E-state index contributed by atoms with van der Waals surface area (Å²) in [6.07, 6.45) is 0. The van der Waals surface area contributed by atoms with Gasteiger partial charge in [-0.2, -0.15) is 0 Å². The van der Waals surface area contributed by atoms with E-state index >= 15 is 0 Å². The minimum Gasteiger partial charge on any atom is -1.00 e. The van der Waals surface area contributed by atoms with Crippen molar-refractivity contribution in [2.45, 2.75) is 0 Å². The molecular weight excluding hydrogens is 166 g/mol. The molecule has 2 nitrogen and oxygen atoms in total. The van der Waals surface area contributed by atoms with Crippen LogP contribution in [-0.4, -0.2) is 5.21 Å². The first kappa shape index (κ1) is 35.6. The van der Waals surface area contributed by atoms with Crippen LogP contribution in [-0.2, 0) is 19.5 Å². The van der Waals surface area contributed by atoms with E-state index in [1.165, 1.54) is 0 Å². The van der Waals surface area contributed by atoms with Crippen LogP contribution in [0.3, 0.4) is 0 Å². The summed E-state index contributed by atoms with van der Waals surface area (Å²) in [5.41, 5.74) is 0. The van der Waals surface area contributed by atoms with Gasteiger partial charge < -0.3 is 30.0 Å². The molecule has 0 heterocycles. The Morgan fingerprint density at radius 1 is 1.00 bits per heavy atom. The van der Waals surface area contributed by atoms with Gasteiger partial charge in [-0.1, -0.05) is 0 Å². The normalized spacial score (nSPS) is 1.20. The van der Waals surface area contributed by atoms with E-state index in [0.717, 1.165) is 0 Å². The van der Waals surface area contributed by atoms with Crippen LogP contribution in [0.2, 0.25) is 0 Å². The number of nitrogens with two attached hydrogens (primary N) is 1. The SMILES string of the molecule is NO.[Cl-].[Cl-].[Zn+2]. The van der Waals surface area contributed by atoms with E-state index in [-0.39, 0.29) is 44.3 Å². The molecule has 0 aliphatic carbocycles. The van der Waals surface area contributed by atoms with Crippen molar-refractivity contribution in [2.24, 2.45) is 5.90 Å². The van der Waals surface area contributed by atoms with Gasteiger partial charge in [0.15, 0.2) is 0 Å². The van der Waals surface area contributed by atoms with E-state index in [1.807, 2.05) is 0 Å². The third-order valence-electron chi connectivity index (χ3n) is 0. The van der Waals surface area contributed by atoms with Gasteiger partial charge in [-0.15, -0.1) is 0 Å². The molecule has 0 aliphatic rings. The molecule has 0 amide bonds. The van der Waals surface area contributed by atoms with Crippen molar-refractivity contribution >= 4 is 0 Å². The molecule has 0 saturated heterocycles. The molecule has 30 valence electrons. The van der Waals surface area contributed by atoms with Gasteiger partial charge in [0.25, 0.3) is 0 Å². The van der Waals surface area contributed by atoms with Crippen molar-refractivity contribution in [1.29, 1.82) is 0 Å². The molecule has 0 aromatic heterocycles. The fourth-order valence-electron chi connectivity index (χ4n) is 0. The second-order valence-electron chi connectivity index (χ2n) is 0. The standard InChI is InChI=1S/2ClH.H3NO.Zn/c;;1-2;/h2*1H;2H,1H2;/q;;;+2/p-2. The van der Waals surface area contributed by atoms with Crippen LogP contribution < -0.4 is 30.7 Å². The summed E-state index contributed by atoms with van der Waals surface area (Å²) >= 11 is 0. The van der Waals surface area contributed by atoms with Gasteiger partial charge in [0.05, 0.1) is 0 Å². The van der Waals surface area contributed by atoms with Crippen LogP contribution in [0.1, 0.15) is 0 Å². The number of hydrogen-bond acceptors (Lipinski definition) is 2. The van der Waals surface area contributed by atoms with Crippen LogP contribution in [0.25, 0.3) is 0 Å². The Bertz CT molecular complexity index is 9.61. The monoisotopic (exact) mass is 167 g/mol. The van der Waals surface area contributed by atoms with Crippen LogP contribution in [0.4, 0.5) is 0 Å². The summed E-state index contributed by atoms with van der Waals surface area (Å²) in [4.78, 5) is 0. The van der Waals surface area contributed by atoms with E-state index < -0.39 is 0 Å². The predicted molar refractivity (Wildman–Crippen MR) is 5.97 cm³/mol. The third-order valence-corrected chi connectivity index (χ3v) is 0. The van der Waals surface area contributed by atoms with E-state index in [9.17, 15) is 0 Å². The summed E-state index contributed by atoms with van der Waals surface area (Å²) in [6, 6.07) is 0. The Balaban J connectivity index is -0.00000000167. The van der Waals surface area contributed by atoms with Crippen LogP contribution in [0.5, 0.6) is 0 Å². The minimum absolute atomic E-state index is 0. The smallest absolute Gasteiger partial charge is 1.00 e. The molecule has 0 bridgehead atoms. The molecule has 0 saturated carbocycles. The topological polar surface area (TPSA) is 46.2 Å². The number of halogens is 2. The minimum atomic E-state index is 0. The molecule has 5 heteroatoms. The molecular formula is H3Cl2NOZn. The maximum absolute atomic E-state index is 6.50. The largest absolute Gasteiger partial charge is 2.00 e. The Kier molecular flexibility index (Phi) is 492. The van der Waals surface area contributed by atoms with Crippen LogP contribution >= 0.6 is 0 Å². The van der Waals surface area contributed by atoms with Crippen molar-refractivity contribution < 1.29 is 49.5 Å². The van der Waals surface area contributed by atoms with E-state index in [4.69, 9.17) is 5.21 Å². The number of hydrogen-bond donors (Lipinski definition) is 2. The van der Waals surface area contributed by atoms with Gasteiger partial charge in [0.2, 0.25) is 0 Å². The molecule has 5 heavy (non-hydrogen) atoms. The van der Waals surface area contributed by atoms with Gasteiger partial charge in [0.1, 0.15) is 0 Å². The van der Waals surface area contributed by atoms with Crippen molar-refractivity contribution in [1.82, 2.24) is 0 Å². The fraction of sp³-hybridized carbons (Fsp3) is 0. The Morgan fingerprint density at radius 2 is 1.00 bits per heavy atom. The zero-order chi connectivity index (χ0) is 2.00. The van der Waals surface area contributed by atoms with E-state index in [2.05, 4.69) is 5.90 Å². The van der Waals surface area contributed by atoms with E-state index in [0.29, 0.717) is 0 Å². The molecule has 0 aliphatic heterocycles. The number of rotatable bonds is 0. The summed E-state index contributed by atoms with van der Waals surface area (Å²) in [5, 5.41) is 6.50. The third kappa shape index (κ3) is 39.6. The summed E-state index contributed by atoms with van der Waals surface area (Å²) in [7, 11) is 0. The summed E-state index contributed by atoms with van der Waals surface area (Å²) in [6.45, 7) is 0. The van der Waals surface area contributed by atoms with Crippen molar-refractivity contribution in [3.05, 3.63) is 0 Å². The van der Waals surface area contributed by atoms with Crippen molar-refractivity contribution in [3.63, 3.8) is 0 Å². The van der Waals surface area contributed by atoms with Gasteiger partial charge in [-0.25, -0.2) is 5.90 Å². The summed E-state index contributed by atoms with van der Waals surface area (Å²) in [5.74, 6) is 3.50. The molecule has 0 aromatic rings. The van der Waals surface area contributed by atoms with Crippen molar-refractivity contribution in [3.8, 4) is 0 Å². The second-order valence-corrected chi connectivity index (χ2v) is 0. The zero-order valence-electron chi connectivity index (χ0n) is 2.49. The summed E-state index contributed by atoms with van der Waals surface area (Å²) < 4.78 is 0. The molecule has 0 radical (unpaired) electrons. The van der Waals surface area contributed by atoms with Gasteiger partial charge in [0, 0.05) is 0 Å². The second kappa shape index (κ2) is 69.0. The molecule has 0 aromatic carbocycles. The zero-order valence-corrected chi connectivity index (χ0v) is 6.97. The first-order valence-corrected chi connectivity index (χ1v) is 0.258. The van der Waals surface area contributed by atoms with Gasteiger partial charge in [-0.05, 0) is 0 Å². The quantitative estimate of drug-likeness (QED) is 0.280. The first-order chi connectivity index (χ1) is 1.00. The fourth-order valence-corrected chi connectivity index (χ4v) is 0. The van der Waals surface area contributed by atoms with E-state index in [1.54, 1.807) is 0 Å². The molecule has 0 unspecified atom stereocenters.